The standard InChI is InChI=1S/C18H21ClFN3OS/c1-11-12(2)23(14-5-3-4-6-14)18(21-11)25-10-17(24)22-13-7-8-16(20)15(19)9-13/h7-9,14H,3-6,10H2,1-2H3,(H,22,24). The van der Waals surface area contributed by atoms with Crippen LogP contribution in [-0.4, -0.2) is 21.2 Å². The van der Waals surface area contributed by atoms with Gasteiger partial charge in [-0.2, -0.15) is 0 Å². The summed E-state index contributed by atoms with van der Waals surface area (Å²) in [7, 11) is 0. The molecule has 2 aromatic rings. The van der Waals surface area contributed by atoms with Crippen molar-refractivity contribution in [1.82, 2.24) is 9.55 Å². The van der Waals surface area contributed by atoms with Gasteiger partial charge in [-0.3, -0.25) is 4.79 Å². The minimum absolute atomic E-state index is 0.00604. The van der Waals surface area contributed by atoms with E-state index in [0.29, 0.717) is 11.7 Å². The van der Waals surface area contributed by atoms with Crippen molar-refractivity contribution in [3.63, 3.8) is 0 Å². The molecular weight excluding hydrogens is 361 g/mol. The van der Waals surface area contributed by atoms with Crippen LogP contribution in [0.2, 0.25) is 5.02 Å². The molecule has 1 N–H and O–H groups in total. The van der Waals surface area contributed by atoms with Gasteiger partial charge in [0.1, 0.15) is 5.82 Å². The number of hydrogen-bond donors (Lipinski definition) is 1. The highest BCUT2D eigenvalue weighted by atomic mass is 35.5. The fourth-order valence-electron chi connectivity index (χ4n) is 3.19. The normalized spacial score (nSPS) is 14.9. The number of anilines is 1. The molecule has 3 rings (SSSR count). The molecule has 0 radical (unpaired) electrons. The van der Waals surface area contributed by atoms with Gasteiger partial charge in [0.2, 0.25) is 5.91 Å². The van der Waals surface area contributed by atoms with Gasteiger partial charge < -0.3 is 9.88 Å². The quantitative estimate of drug-likeness (QED) is 0.729. The molecule has 1 aliphatic rings. The number of aromatic nitrogens is 2. The summed E-state index contributed by atoms with van der Waals surface area (Å²) in [5, 5.41) is 3.63. The lowest BCUT2D eigenvalue weighted by molar-refractivity contribution is -0.113. The van der Waals surface area contributed by atoms with Crippen LogP contribution in [0.15, 0.2) is 23.4 Å². The lowest BCUT2D eigenvalue weighted by Gasteiger charge is -2.16. The van der Waals surface area contributed by atoms with Crippen LogP contribution in [0.5, 0.6) is 0 Å². The number of hydrogen-bond acceptors (Lipinski definition) is 3. The van der Waals surface area contributed by atoms with Crippen LogP contribution >= 0.6 is 23.4 Å². The van der Waals surface area contributed by atoms with E-state index in [1.165, 1.54) is 61.3 Å². The van der Waals surface area contributed by atoms with Crippen LogP contribution in [0, 0.1) is 19.7 Å². The Morgan fingerprint density at radius 1 is 1.40 bits per heavy atom. The number of amides is 1. The predicted octanol–water partition coefficient (Wildman–Crippen LogP) is 5.14. The fourth-order valence-corrected chi connectivity index (χ4v) is 4.33. The molecule has 1 aliphatic carbocycles. The van der Waals surface area contributed by atoms with E-state index in [2.05, 4.69) is 21.8 Å². The second kappa shape index (κ2) is 7.79. The van der Waals surface area contributed by atoms with Crippen molar-refractivity contribution >= 4 is 35.0 Å². The summed E-state index contributed by atoms with van der Waals surface area (Å²) >= 11 is 7.18. The van der Waals surface area contributed by atoms with Gasteiger partial charge >= 0.3 is 0 Å². The second-order valence-electron chi connectivity index (χ2n) is 6.34. The van der Waals surface area contributed by atoms with Crippen molar-refractivity contribution in [2.24, 2.45) is 0 Å². The molecule has 0 unspecified atom stereocenters. The first-order chi connectivity index (χ1) is 12.0. The van der Waals surface area contributed by atoms with E-state index in [1.54, 1.807) is 0 Å². The van der Waals surface area contributed by atoms with Gasteiger partial charge in [-0.1, -0.05) is 36.2 Å². The SMILES string of the molecule is Cc1nc(SCC(=O)Nc2ccc(F)c(Cl)c2)n(C2CCCC2)c1C. The third kappa shape index (κ3) is 4.18. The highest BCUT2D eigenvalue weighted by molar-refractivity contribution is 7.99. The topological polar surface area (TPSA) is 46.9 Å². The van der Waals surface area contributed by atoms with Crippen LogP contribution in [0.1, 0.15) is 43.1 Å². The van der Waals surface area contributed by atoms with E-state index in [0.717, 1.165) is 10.9 Å². The van der Waals surface area contributed by atoms with Gasteiger partial charge in [-0.25, -0.2) is 9.37 Å². The molecule has 0 atom stereocenters. The monoisotopic (exact) mass is 381 g/mol. The summed E-state index contributed by atoms with van der Waals surface area (Å²) in [5.41, 5.74) is 2.68. The van der Waals surface area contributed by atoms with Crippen LogP contribution < -0.4 is 5.32 Å². The third-order valence-corrected chi connectivity index (χ3v) is 5.82. The molecule has 134 valence electrons. The highest BCUT2D eigenvalue weighted by Gasteiger charge is 2.23. The highest BCUT2D eigenvalue weighted by Crippen LogP contribution is 2.35. The van der Waals surface area contributed by atoms with E-state index >= 15 is 0 Å². The molecule has 25 heavy (non-hydrogen) atoms. The number of carbonyl (C=O) groups is 1. The molecule has 0 spiro atoms. The van der Waals surface area contributed by atoms with E-state index in [4.69, 9.17) is 11.6 Å². The molecular formula is C18H21ClFN3OS. The number of rotatable bonds is 5. The van der Waals surface area contributed by atoms with Gasteiger partial charge in [0.05, 0.1) is 16.5 Å². The summed E-state index contributed by atoms with van der Waals surface area (Å²) < 4.78 is 15.5. The van der Waals surface area contributed by atoms with Crippen molar-refractivity contribution in [2.45, 2.75) is 50.7 Å². The smallest absolute Gasteiger partial charge is 0.234 e. The molecule has 1 heterocycles. The maximum Gasteiger partial charge on any atom is 0.234 e. The summed E-state index contributed by atoms with van der Waals surface area (Å²) in [6.07, 6.45) is 4.84. The first-order valence-electron chi connectivity index (χ1n) is 8.39. The molecule has 4 nitrogen and oxygen atoms in total. The second-order valence-corrected chi connectivity index (χ2v) is 7.69. The van der Waals surface area contributed by atoms with Gasteiger partial charge in [-0.05, 0) is 44.9 Å². The number of thioether (sulfide) groups is 1. The summed E-state index contributed by atoms with van der Waals surface area (Å²) in [6.45, 7) is 4.09. The minimum Gasteiger partial charge on any atom is -0.325 e. The van der Waals surface area contributed by atoms with E-state index in [1.807, 2.05) is 6.92 Å². The molecule has 1 amide bonds. The van der Waals surface area contributed by atoms with Crippen molar-refractivity contribution < 1.29 is 9.18 Å². The molecule has 7 heteroatoms. The van der Waals surface area contributed by atoms with Crippen LogP contribution in [0.25, 0.3) is 0 Å². The molecule has 1 fully saturated rings. The van der Waals surface area contributed by atoms with Crippen LogP contribution in [0.4, 0.5) is 10.1 Å². The Hall–Kier alpha value is -1.53. The molecule has 1 saturated carbocycles. The lowest BCUT2D eigenvalue weighted by Crippen LogP contribution is -2.15. The van der Waals surface area contributed by atoms with Gasteiger partial charge in [0.25, 0.3) is 0 Å². The van der Waals surface area contributed by atoms with Crippen molar-refractivity contribution in [2.75, 3.05) is 11.1 Å². The Morgan fingerprint density at radius 2 is 2.12 bits per heavy atom. The average Bonchev–Trinajstić information content (AvgIpc) is 3.18. The largest absolute Gasteiger partial charge is 0.325 e. The Balaban J connectivity index is 1.65. The van der Waals surface area contributed by atoms with Gasteiger partial charge in [-0.15, -0.1) is 0 Å². The third-order valence-electron chi connectivity index (χ3n) is 4.58. The number of nitrogens with zero attached hydrogens (tertiary/aromatic N) is 2. The minimum atomic E-state index is -0.501. The fraction of sp³-hybridized carbons (Fsp3) is 0.444. The van der Waals surface area contributed by atoms with Crippen molar-refractivity contribution in [3.8, 4) is 0 Å². The van der Waals surface area contributed by atoms with Crippen LogP contribution in [-0.2, 0) is 4.79 Å². The summed E-state index contributed by atoms with van der Waals surface area (Å²) in [6, 6.07) is 4.64. The van der Waals surface area contributed by atoms with Crippen molar-refractivity contribution in [1.29, 1.82) is 0 Å². The first-order valence-corrected chi connectivity index (χ1v) is 9.75. The molecule has 0 saturated heterocycles. The molecule has 0 bridgehead atoms. The number of halogens is 2. The Bertz CT molecular complexity index is 787. The Morgan fingerprint density at radius 3 is 2.80 bits per heavy atom. The molecule has 0 aliphatic heterocycles. The van der Waals surface area contributed by atoms with Crippen LogP contribution in [0.3, 0.4) is 0 Å². The maximum absolute atomic E-state index is 13.2. The molecule has 1 aromatic heterocycles. The number of imidazole rings is 1. The van der Waals surface area contributed by atoms with E-state index in [9.17, 15) is 9.18 Å². The number of benzene rings is 1. The predicted molar refractivity (Wildman–Crippen MR) is 100.0 cm³/mol. The van der Waals surface area contributed by atoms with Crippen molar-refractivity contribution in [3.05, 3.63) is 40.4 Å². The maximum atomic E-state index is 13.2. The zero-order chi connectivity index (χ0) is 18.0. The zero-order valence-electron chi connectivity index (χ0n) is 14.3. The van der Waals surface area contributed by atoms with Gasteiger partial charge in [0, 0.05) is 17.4 Å². The summed E-state index contributed by atoms with van der Waals surface area (Å²) in [4.78, 5) is 16.8. The van der Waals surface area contributed by atoms with E-state index < -0.39 is 5.82 Å². The zero-order valence-corrected chi connectivity index (χ0v) is 15.9. The van der Waals surface area contributed by atoms with E-state index in [-0.39, 0.29) is 16.7 Å². The number of aryl methyl sites for hydroxylation is 1. The number of carbonyl (C=O) groups excluding carboxylic acids is 1. The van der Waals surface area contributed by atoms with Gasteiger partial charge in [0.15, 0.2) is 5.16 Å². The average molecular weight is 382 g/mol. The number of nitrogens with one attached hydrogen (secondary N) is 1. The molecule has 1 aromatic carbocycles. The Labute approximate surface area is 156 Å². The Kier molecular flexibility index (Phi) is 5.69. The first kappa shape index (κ1) is 18.3. The summed E-state index contributed by atoms with van der Waals surface area (Å²) in [5.74, 6) is -0.417. The lowest BCUT2D eigenvalue weighted by atomic mass is 10.2.